The lowest BCUT2D eigenvalue weighted by atomic mass is 10.2. The number of rotatable bonds is 10. The summed E-state index contributed by atoms with van der Waals surface area (Å²) in [4.78, 5) is 77.6. The Kier molecular flexibility index (Phi) is 12.9. The van der Waals surface area contributed by atoms with Crippen molar-refractivity contribution >= 4 is 35.9 Å². The van der Waals surface area contributed by atoms with Gasteiger partial charge in [0.1, 0.15) is 12.1 Å². The molecule has 0 unspecified atom stereocenters. The zero-order chi connectivity index (χ0) is 34.1. The maximum absolute atomic E-state index is 12.9. The number of hydrogen-bond acceptors (Lipinski definition) is 14. The SMILES string of the molecule is CCOC(=O)C1(C)OCC(OC(=O)N[C@@H](C)C(=O)N2CCN(C(=O)[C@H](C)NC(=O)OC3COC(C)(C(=O)OCC)OC3)CC2)CO1. The molecule has 0 bridgehead atoms. The minimum atomic E-state index is -1.59. The number of ether oxygens (including phenoxy) is 8. The quantitative estimate of drug-likeness (QED) is 0.219. The third-order valence-corrected chi connectivity index (χ3v) is 7.33. The summed E-state index contributed by atoms with van der Waals surface area (Å²) >= 11 is 0. The molecule has 0 aromatic heterocycles. The van der Waals surface area contributed by atoms with Crippen molar-refractivity contribution in [3.63, 3.8) is 0 Å². The Bertz CT molecular complexity index is 1030. The highest BCUT2D eigenvalue weighted by atomic mass is 16.8. The van der Waals surface area contributed by atoms with E-state index in [0.717, 1.165) is 0 Å². The molecule has 4 amide bonds. The molecule has 0 aliphatic carbocycles. The monoisotopic (exact) mass is 660 g/mol. The number of alkyl carbamates (subject to hydrolysis) is 2. The lowest BCUT2D eigenvalue weighted by Crippen LogP contribution is -2.58. The van der Waals surface area contributed by atoms with E-state index in [4.69, 9.17) is 37.9 Å². The van der Waals surface area contributed by atoms with Crippen molar-refractivity contribution in [1.29, 1.82) is 0 Å². The van der Waals surface area contributed by atoms with Crippen LogP contribution in [0.4, 0.5) is 9.59 Å². The van der Waals surface area contributed by atoms with Crippen molar-refractivity contribution in [2.45, 2.75) is 77.4 Å². The summed E-state index contributed by atoms with van der Waals surface area (Å²) in [5.74, 6) is -5.30. The van der Waals surface area contributed by atoms with Gasteiger partial charge in [-0.15, -0.1) is 0 Å². The first-order valence-corrected chi connectivity index (χ1v) is 15.1. The Morgan fingerprint density at radius 3 is 1.24 bits per heavy atom. The first kappa shape index (κ1) is 36.7. The molecule has 3 aliphatic heterocycles. The molecule has 18 heteroatoms. The lowest BCUT2D eigenvalue weighted by molar-refractivity contribution is -0.280. The molecule has 260 valence electrons. The second kappa shape index (κ2) is 16.2. The molecule has 0 spiro atoms. The zero-order valence-electron chi connectivity index (χ0n) is 27.0. The minimum Gasteiger partial charge on any atom is -0.462 e. The van der Waals surface area contributed by atoms with Gasteiger partial charge in [-0.25, -0.2) is 19.2 Å². The number of amides is 4. The van der Waals surface area contributed by atoms with Crippen molar-refractivity contribution in [1.82, 2.24) is 20.4 Å². The summed E-state index contributed by atoms with van der Waals surface area (Å²) in [7, 11) is 0. The van der Waals surface area contributed by atoms with Gasteiger partial charge in [0.25, 0.3) is 11.6 Å². The van der Waals surface area contributed by atoms with E-state index >= 15 is 0 Å². The van der Waals surface area contributed by atoms with Crippen molar-refractivity contribution in [2.75, 3.05) is 65.8 Å². The van der Waals surface area contributed by atoms with Crippen LogP contribution in [0.1, 0.15) is 41.5 Å². The Morgan fingerprint density at radius 2 is 0.957 bits per heavy atom. The molecule has 0 aromatic rings. The molecule has 0 saturated carbocycles. The Balaban J connectivity index is 1.35. The van der Waals surface area contributed by atoms with Gasteiger partial charge in [-0.1, -0.05) is 0 Å². The second-order valence-corrected chi connectivity index (χ2v) is 11.0. The summed E-state index contributed by atoms with van der Waals surface area (Å²) in [6, 6.07) is -1.86. The molecule has 3 rings (SSSR count). The van der Waals surface area contributed by atoms with Gasteiger partial charge >= 0.3 is 24.1 Å². The van der Waals surface area contributed by atoms with Crippen LogP contribution in [-0.4, -0.2) is 147 Å². The van der Waals surface area contributed by atoms with Gasteiger partial charge < -0.3 is 58.3 Å². The molecule has 3 heterocycles. The van der Waals surface area contributed by atoms with E-state index in [9.17, 15) is 28.8 Å². The van der Waals surface area contributed by atoms with Crippen LogP contribution in [0.25, 0.3) is 0 Å². The van der Waals surface area contributed by atoms with Crippen LogP contribution in [0.5, 0.6) is 0 Å². The molecule has 3 aliphatic rings. The van der Waals surface area contributed by atoms with Crippen LogP contribution in [0, 0.1) is 0 Å². The minimum absolute atomic E-state index is 0.105. The molecule has 3 saturated heterocycles. The van der Waals surface area contributed by atoms with Crippen LogP contribution in [0.3, 0.4) is 0 Å². The van der Waals surface area contributed by atoms with Gasteiger partial charge in [0.05, 0.1) is 39.6 Å². The highest BCUT2D eigenvalue weighted by molar-refractivity contribution is 5.87. The van der Waals surface area contributed by atoms with E-state index in [2.05, 4.69) is 10.6 Å². The molecule has 3 fully saturated rings. The third-order valence-electron chi connectivity index (χ3n) is 7.33. The molecule has 0 aromatic carbocycles. The Morgan fingerprint density at radius 1 is 0.652 bits per heavy atom. The number of nitrogens with zero attached hydrogens (tertiary/aromatic N) is 2. The van der Waals surface area contributed by atoms with Crippen LogP contribution in [0.2, 0.25) is 0 Å². The van der Waals surface area contributed by atoms with Crippen molar-refractivity contribution in [3.05, 3.63) is 0 Å². The average molecular weight is 661 g/mol. The van der Waals surface area contributed by atoms with Crippen LogP contribution < -0.4 is 10.6 Å². The predicted molar refractivity (Wildman–Crippen MR) is 153 cm³/mol. The first-order valence-electron chi connectivity index (χ1n) is 15.1. The van der Waals surface area contributed by atoms with Gasteiger partial charge in [-0.2, -0.15) is 0 Å². The molecular formula is C28H44N4O14. The topological polar surface area (TPSA) is 207 Å². The van der Waals surface area contributed by atoms with Crippen LogP contribution in [-0.2, 0) is 57.1 Å². The van der Waals surface area contributed by atoms with Crippen molar-refractivity contribution in [3.8, 4) is 0 Å². The lowest BCUT2D eigenvalue weighted by Gasteiger charge is -2.37. The standard InChI is InChI=1S/C28H44N4O14/c1-7-39-23(35)27(5)41-13-19(14-42-27)45-25(37)29-17(3)21(33)31-9-11-32(12-10-31)22(34)18(4)30-26(38)46-20-15-43-28(6,44-16-20)24(36)40-8-2/h17-20H,7-16H2,1-6H3,(H,29,37)(H,30,38)/t17-,18-,19?,20?,27?,28?/m0/s1. The number of esters is 2. The zero-order valence-corrected chi connectivity index (χ0v) is 27.0. The van der Waals surface area contributed by atoms with E-state index in [1.54, 1.807) is 13.8 Å². The van der Waals surface area contributed by atoms with Crippen molar-refractivity contribution in [2.24, 2.45) is 0 Å². The average Bonchev–Trinajstić information content (AvgIpc) is 3.02. The summed E-state index contributed by atoms with van der Waals surface area (Å²) in [6.07, 6.45) is -3.33. The van der Waals surface area contributed by atoms with Crippen LogP contribution >= 0.6 is 0 Å². The van der Waals surface area contributed by atoms with Crippen LogP contribution in [0.15, 0.2) is 0 Å². The largest absolute Gasteiger partial charge is 0.462 e. The highest BCUT2D eigenvalue weighted by Crippen LogP contribution is 2.23. The molecular weight excluding hydrogens is 616 g/mol. The fraction of sp³-hybridized carbons (Fsp3) is 0.786. The van der Waals surface area contributed by atoms with Gasteiger partial charge in [0.15, 0.2) is 12.2 Å². The molecule has 2 atom stereocenters. The molecule has 18 nitrogen and oxygen atoms in total. The van der Waals surface area contributed by atoms with Crippen molar-refractivity contribution < 1.29 is 66.7 Å². The van der Waals surface area contributed by atoms with E-state index in [1.165, 1.54) is 37.5 Å². The van der Waals surface area contributed by atoms with Gasteiger partial charge in [0.2, 0.25) is 11.8 Å². The number of nitrogens with one attached hydrogen (secondary N) is 2. The van der Waals surface area contributed by atoms with Gasteiger partial charge in [-0.05, 0) is 27.7 Å². The van der Waals surface area contributed by atoms with E-state index in [0.29, 0.717) is 0 Å². The summed E-state index contributed by atoms with van der Waals surface area (Å²) in [6.45, 7) is 9.85. The molecule has 0 radical (unpaired) electrons. The normalized spacial score (nSPS) is 27.8. The van der Waals surface area contributed by atoms with E-state index < -0.39 is 60.0 Å². The smallest absolute Gasteiger partial charge is 0.408 e. The first-order chi connectivity index (χ1) is 21.7. The summed E-state index contributed by atoms with van der Waals surface area (Å²) in [5, 5.41) is 4.95. The molecule has 46 heavy (non-hydrogen) atoms. The van der Waals surface area contributed by atoms with Gasteiger partial charge in [-0.3, -0.25) is 9.59 Å². The fourth-order valence-electron chi connectivity index (χ4n) is 4.63. The van der Waals surface area contributed by atoms with Gasteiger partial charge in [0, 0.05) is 40.0 Å². The highest BCUT2D eigenvalue weighted by Gasteiger charge is 2.44. The predicted octanol–water partition coefficient (Wildman–Crippen LogP) is -0.724. The Labute approximate surface area is 266 Å². The van der Waals surface area contributed by atoms with E-state index in [-0.39, 0.29) is 77.6 Å². The second-order valence-electron chi connectivity index (χ2n) is 11.0. The maximum Gasteiger partial charge on any atom is 0.408 e. The number of carbonyl (C=O) groups excluding carboxylic acids is 6. The number of piperazine rings is 1. The molecule has 2 N–H and O–H groups in total. The third kappa shape index (κ3) is 9.63. The summed E-state index contributed by atoms with van der Waals surface area (Å²) in [5.41, 5.74) is 0. The maximum atomic E-state index is 12.9. The van der Waals surface area contributed by atoms with E-state index in [1.807, 2.05) is 0 Å². The fourth-order valence-corrected chi connectivity index (χ4v) is 4.63. The Hall–Kier alpha value is -3.74. The number of hydrogen-bond donors (Lipinski definition) is 2. The number of carbonyl (C=O) groups is 6. The summed E-state index contributed by atoms with van der Waals surface area (Å²) < 4.78 is 41.9.